The molecule has 0 radical (unpaired) electrons. The Labute approximate surface area is 126 Å². The van der Waals surface area contributed by atoms with Crippen LogP contribution in [0.2, 0.25) is 0 Å². The maximum Gasteiger partial charge on any atom is 0.158 e. The number of hydrazine groups is 1. The van der Waals surface area contributed by atoms with Gasteiger partial charge >= 0.3 is 0 Å². The highest BCUT2D eigenvalue weighted by Crippen LogP contribution is 2.30. The third-order valence-electron chi connectivity index (χ3n) is 4.31. The summed E-state index contributed by atoms with van der Waals surface area (Å²) >= 11 is 0. The molecule has 1 saturated carbocycles. The number of nitrogen functional groups attached to an aromatic ring is 1. The van der Waals surface area contributed by atoms with Crippen LogP contribution in [0.1, 0.15) is 44.9 Å². The molecule has 1 aromatic rings. The number of nitrogens with one attached hydrogen (secondary N) is 2. The summed E-state index contributed by atoms with van der Waals surface area (Å²) in [6.07, 6.45) is 6.65. The summed E-state index contributed by atoms with van der Waals surface area (Å²) in [4.78, 5) is 8.69. The number of aromatic nitrogens is 2. The van der Waals surface area contributed by atoms with E-state index >= 15 is 0 Å². The van der Waals surface area contributed by atoms with Crippen LogP contribution in [0.15, 0.2) is 6.07 Å². The average Bonchev–Trinajstić information content (AvgIpc) is 2.53. The Morgan fingerprint density at radius 3 is 2.48 bits per heavy atom. The lowest BCUT2D eigenvalue weighted by Gasteiger charge is -2.28. The molecule has 4 N–H and O–H groups in total. The van der Waals surface area contributed by atoms with Crippen LogP contribution in [0.5, 0.6) is 0 Å². The zero-order valence-electron chi connectivity index (χ0n) is 13.1. The molecule has 6 nitrogen and oxygen atoms in total. The van der Waals surface area contributed by atoms with Crippen LogP contribution in [0.3, 0.4) is 0 Å². The number of hydrogen-bond donors (Lipinski definition) is 3. The van der Waals surface area contributed by atoms with Gasteiger partial charge in [0.1, 0.15) is 18.2 Å². The molecule has 21 heavy (non-hydrogen) atoms. The van der Waals surface area contributed by atoms with Crippen LogP contribution in [-0.4, -0.2) is 23.6 Å². The van der Waals surface area contributed by atoms with Crippen molar-refractivity contribution >= 4 is 11.6 Å². The monoisotopic (exact) mass is 293 g/mol. The molecule has 0 bridgehead atoms. The molecule has 1 aliphatic rings. The summed E-state index contributed by atoms with van der Waals surface area (Å²) in [5.74, 6) is 9.16. The maximum atomic E-state index is 5.44. The van der Waals surface area contributed by atoms with Crippen molar-refractivity contribution in [2.75, 3.05) is 24.4 Å². The molecule has 0 aromatic carbocycles. The van der Waals surface area contributed by atoms with Gasteiger partial charge in [0.2, 0.25) is 0 Å². The fourth-order valence-corrected chi connectivity index (χ4v) is 2.95. The molecule has 0 aliphatic heterocycles. The SMILES string of the molecule is CCC1CCC(CNc2cc(NN)nc(COC)n2)CC1. The van der Waals surface area contributed by atoms with Crippen molar-refractivity contribution in [2.24, 2.45) is 17.7 Å². The smallest absolute Gasteiger partial charge is 0.158 e. The lowest BCUT2D eigenvalue weighted by molar-refractivity contribution is 0.178. The van der Waals surface area contributed by atoms with Crippen LogP contribution in [-0.2, 0) is 11.3 Å². The molecular formula is C15H27N5O. The van der Waals surface area contributed by atoms with Crippen LogP contribution >= 0.6 is 0 Å². The maximum absolute atomic E-state index is 5.44. The van der Waals surface area contributed by atoms with Crippen LogP contribution < -0.4 is 16.6 Å². The molecule has 1 heterocycles. The molecule has 1 fully saturated rings. The molecule has 0 saturated heterocycles. The zero-order valence-corrected chi connectivity index (χ0v) is 13.1. The van der Waals surface area contributed by atoms with E-state index < -0.39 is 0 Å². The van der Waals surface area contributed by atoms with Crippen molar-refractivity contribution in [1.29, 1.82) is 0 Å². The molecule has 1 aromatic heterocycles. The van der Waals surface area contributed by atoms with Gasteiger partial charge in [0, 0.05) is 19.7 Å². The van der Waals surface area contributed by atoms with Crippen LogP contribution in [0, 0.1) is 11.8 Å². The minimum Gasteiger partial charge on any atom is -0.377 e. The minimum atomic E-state index is 0.381. The van der Waals surface area contributed by atoms with Crippen molar-refractivity contribution in [3.8, 4) is 0 Å². The van der Waals surface area contributed by atoms with E-state index in [2.05, 4.69) is 27.6 Å². The van der Waals surface area contributed by atoms with Crippen molar-refractivity contribution in [2.45, 2.75) is 45.6 Å². The minimum absolute atomic E-state index is 0.381. The fourth-order valence-electron chi connectivity index (χ4n) is 2.95. The lowest BCUT2D eigenvalue weighted by Crippen LogP contribution is -2.22. The second-order valence-electron chi connectivity index (χ2n) is 5.81. The van der Waals surface area contributed by atoms with E-state index in [9.17, 15) is 0 Å². The summed E-state index contributed by atoms with van der Waals surface area (Å²) in [7, 11) is 1.63. The van der Waals surface area contributed by atoms with E-state index in [0.717, 1.165) is 24.2 Å². The van der Waals surface area contributed by atoms with E-state index in [0.29, 0.717) is 18.2 Å². The first-order chi connectivity index (χ1) is 10.2. The lowest BCUT2D eigenvalue weighted by atomic mass is 9.81. The Hall–Kier alpha value is -1.40. The number of methoxy groups -OCH3 is 1. The van der Waals surface area contributed by atoms with Crippen LogP contribution in [0.25, 0.3) is 0 Å². The Morgan fingerprint density at radius 1 is 1.19 bits per heavy atom. The highest BCUT2D eigenvalue weighted by atomic mass is 16.5. The molecule has 0 amide bonds. The molecule has 1 aliphatic carbocycles. The van der Waals surface area contributed by atoms with Gasteiger partial charge in [0.25, 0.3) is 0 Å². The van der Waals surface area contributed by atoms with E-state index in [1.54, 1.807) is 7.11 Å². The predicted octanol–water partition coefficient (Wildman–Crippen LogP) is 2.54. The van der Waals surface area contributed by atoms with E-state index in [-0.39, 0.29) is 0 Å². The third kappa shape index (κ3) is 4.82. The van der Waals surface area contributed by atoms with Gasteiger partial charge in [0.05, 0.1) is 0 Å². The number of nitrogens with two attached hydrogens (primary N) is 1. The largest absolute Gasteiger partial charge is 0.377 e. The zero-order chi connectivity index (χ0) is 15.1. The fraction of sp³-hybridized carbons (Fsp3) is 0.733. The van der Waals surface area contributed by atoms with Gasteiger partial charge in [0.15, 0.2) is 5.82 Å². The van der Waals surface area contributed by atoms with Crippen molar-refractivity contribution in [3.05, 3.63) is 11.9 Å². The predicted molar refractivity (Wildman–Crippen MR) is 84.8 cm³/mol. The summed E-state index contributed by atoms with van der Waals surface area (Å²) in [6, 6.07) is 1.83. The van der Waals surface area contributed by atoms with Crippen molar-refractivity contribution in [3.63, 3.8) is 0 Å². The van der Waals surface area contributed by atoms with E-state index in [4.69, 9.17) is 10.6 Å². The Morgan fingerprint density at radius 2 is 1.86 bits per heavy atom. The molecule has 118 valence electrons. The Kier molecular flexibility index (Phi) is 6.20. The Bertz CT molecular complexity index is 432. The number of ether oxygens (including phenoxy) is 1. The number of anilines is 2. The molecular weight excluding hydrogens is 266 g/mol. The molecule has 0 spiro atoms. The second kappa shape index (κ2) is 8.14. The van der Waals surface area contributed by atoms with Gasteiger partial charge < -0.3 is 15.5 Å². The normalized spacial score (nSPS) is 22.0. The summed E-state index contributed by atoms with van der Waals surface area (Å²) < 4.78 is 5.08. The first-order valence-electron chi connectivity index (χ1n) is 7.82. The van der Waals surface area contributed by atoms with Crippen molar-refractivity contribution < 1.29 is 4.74 Å². The number of hydrogen-bond acceptors (Lipinski definition) is 6. The second-order valence-corrected chi connectivity index (χ2v) is 5.81. The summed E-state index contributed by atoms with van der Waals surface area (Å²) in [5.41, 5.74) is 2.57. The molecule has 0 atom stereocenters. The number of nitrogens with zero attached hydrogens (tertiary/aromatic N) is 2. The van der Waals surface area contributed by atoms with Gasteiger partial charge in [-0.25, -0.2) is 15.8 Å². The number of rotatable bonds is 7. The summed E-state index contributed by atoms with van der Waals surface area (Å²) in [6.45, 7) is 3.64. The van der Waals surface area contributed by atoms with E-state index in [1.807, 2.05) is 6.07 Å². The first kappa shape index (κ1) is 16.0. The molecule has 6 heteroatoms. The standard InChI is InChI=1S/C15H27N5O/c1-3-11-4-6-12(7-5-11)9-17-13-8-14(20-16)19-15(18-13)10-21-2/h8,11-12H,3-7,9-10,16H2,1-2H3,(H2,17,18,19,20). The van der Waals surface area contributed by atoms with Gasteiger partial charge in [-0.3, -0.25) is 0 Å². The van der Waals surface area contributed by atoms with Gasteiger partial charge in [-0.1, -0.05) is 26.2 Å². The molecule has 2 rings (SSSR count). The van der Waals surface area contributed by atoms with Crippen molar-refractivity contribution in [1.82, 2.24) is 9.97 Å². The van der Waals surface area contributed by atoms with Gasteiger partial charge in [-0.2, -0.15) is 0 Å². The quantitative estimate of drug-likeness (QED) is 0.529. The third-order valence-corrected chi connectivity index (χ3v) is 4.31. The highest BCUT2D eigenvalue weighted by Gasteiger charge is 2.19. The summed E-state index contributed by atoms with van der Waals surface area (Å²) in [5, 5.41) is 3.42. The highest BCUT2D eigenvalue weighted by molar-refractivity contribution is 5.46. The van der Waals surface area contributed by atoms with Gasteiger partial charge in [-0.05, 0) is 24.7 Å². The topological polar surface area (TPSA) is 85.1 Å². The van der Waals surface area contributed by atoms with Gasteiger partial charge in [-0.15, -0.1) is 0 Å². The van der Waals surface area contributed by atoms with E-state index in [1.165, 1.54) is 32.1 Å². The molecule has 0 unspecified atom stereocenters. The average molecular weight is 293 g/mol. The van der Waals surface area contributed by atoms with Crippen LogP contribution in [0.4, 0.5) is 11.6 Å². The Balaban J connectivity index is 1.89. The first-order valence-corrected chi connectivity index (χ1v) is 7.82.